The van der Waals surface area contributed by atoms with Gasteiger partial charge in [0.25, 0.3) is 0 Å². The molecule has 0 saturated carbocycles. The lowest BCUT2D eigenvalue weighted by Gasteiger charge is -2.33. The number of hydrogen-bond donors (Lipinski definition) is 1. The molecule has 1 aromatic rings. The maximum absolute atomic E-state index is 13.7. The first-order chi connectivity index (χ1) is 9.04. The zero-order valence-electron chi connectivity index (χ0n) is 11.1. The molecule has 1 saturated heterocycles. The van der Waals surface area contributed by atoms with E-state index in [0.717, 1.165) is 31.7 Å². The number of carboxylic acid groups (broad SMARTS) is 1. The van der Waals surface area contributed by atoms with E-state index < -0.39 is 5.97 Å². The lowest BCUT2D eigenvalue weighted by molar-refractivity contribution is -0.138. The van der Waals surface area contributed by atoms with Gasteiger partial charge in [0.2, 0.25) is 0 Å². The molecule has 1 aliphatic heterocycles. The van der Waals surface area contributed by atoms with Crippen molar-refractivity contribution < 1.29 is 14.3 Å². The first-order valence-electron chi connectivity index (χ1n) is 6.46. The maximum Gasteiger partial charge on any atom is 0.317 e. The third kappa shape index (κ3) is 4.01. The minimum absolute atomic E-state index is 0.0899. The van der Waals surface area contributed by atoms with Gasteiger partial charge in [-0.15, -0.1) is 0 Å². The van der Waals surface area contributed by atoms with Crippen LogP contribution in [-0.2, 0) is 11.3 Å². The summed E-state index contributed by atoms with van der Waals surface area (Å²) in [6.07, 6.45) is 0. The van der Waals surface area contributed by atoms with Gasteiger partial charge in [0, 0.05) is 38.3 Å². The molecular weight excluding hydrogens is 247 g/mol. The summed E-state index contributed by atoms with van der Waals surface area (Å²) in [6, 6.07) is 5.15. The highest BCUT2D eigenvalue weighted by Gasteiger charge is 2.19. The molecule has 1 N–H and O–H groups in total. The number of nitrogens with zero attached hydrogens (tertiary/aromatic N) is 2. The Morgan fingerprint density at radius 1 is 1.26 bits per heavy atom. The SMILES string of the molecule is Cc1ccc(F)c(CN2CCN(CC(=O)O)CC2)c1. The van der Waals surface area contributed by atoms with Crippen molar-refractivity contribution in [3.05, 3.63) is 35.1 Å². The minimum atomic E-state index is -0.793. The average molecular weight is 266 g/mol. The summed E-state index contributed by atoms with van der Waals surface area (Å²) in [5, 5.41) is 8.73. The highest BCUT2D eigenvalue weighted by molar-refractivity contribution is 5.69. The second kappa shape index (κ2) is 6.12. The molecule has 1 fully saturated rings. The zero-order chi connectivity index (χ0) is 13.8. The number of carboxylic acids is 1. The van der Waals surface area contributed by atoms with Crippen LogP contribution < -0.4 is 0 Å². The van der Waals surface area contributed by atoms with Gasteiger partial charge in [-0.05, 0) is 13.0 Å². The zero-order valence-corrected chi connectivity index (χ0v) is 11.1. The Bertz CT molecular complexity index is 457. The summed E-state index contributed by atoms with van der Waals surface area (Å²) in [5.74, 6) is -0.961. The van der Waals surface area contributed by atoms with Crippen LogP contribution in [0.2, 0.25) is 0 Å². The Morgan fingerprint density at radius 2 is 1.89 bits per heavy atom. The van der Waals surface area contributed by atoms with Crippen molar-refractivity contribution in [1.29, 1.82) is 0 Å². The Balaban J connectivity index is 1.88. The second-order valence-electron chi connectivity index (χ2n) is 5.04. The van der Waals surface area contributed by atoms with Crippen LogP contribution in [0, 0.1) is 12.7 Å². The number of halogens is 1. The number of hydrogen-bond acceptors (Lipinski definition) is 3. The smallest absolute Gasteiger partial charge is 0.317 e. The first-order valence-corrected chi connectivity index (χ1v) is 6.46. The van der Waals surface area contributed by atoms with Gasteiger partial charge in [-0.1, -0.05) is 17.7 Å². The number of benzene rings is 1. The molecule has 4 nitrogen and oxygen atoms in total. The minimum Gasteiger partial charge on any atom is -0.480 e. The van der Waals surface area contributed by atoms with Crippen molar-refractivity contribution in [2.45, 2.75) is 13.5 Å². The van der Waals surface area contributed by atoms with Crippen LogP contribution in [0.25, 0.3) is 0 Å². The van der Waals surface area contributed by atoms with E-state index in [2.05, 4.69) is 4.90 Å². The van der Waals surface area contributed by atoms with Gasteiger partial charge < -0.3 is 5.11 Å². The third-order valence-corrected chi connectivity index (χ3v) is 3.42. The van der Waals surface area contributed by atoms with E-state index in [1.807, 2.05) is 17.9 Å². The topological polar surface area (TPSA) is 43.8 Å². The molecule has 2 rings (SSSR count). The molecule has 0 spiro atoms. The number of piperazine rings is 1. The van der Waals surface area contributed by atoms with Gasteiger partial charge in [0.15, 0.2) is 0 Å². The monoisotopic (exact) mass is 266 g/mol. The molecule has 104 valence electrons. The molecule has 0 aliphatic carbocycles. The summed E-state index contributed by atoms with van der Waals surface area (Å²) >= 11 is 0. The van der Waals surface area contributed by atoms with Gasteiger partial charge >= 0.3 is 5.97 Å². The first kappa shape index (κ1) is 14.0. The van der Waals surface area contributed by atoms with Crippen molar-refractivity contribution in [3.8, 4) is 0 Å². The standard InChI is InChI=1S/C14H19FN2O2/c1-11-2-3-13(15)12(8-11)9-16-4-6-17(7-5-16)10-14(18)19/h2-3,8H,4-7,9-10H2,1H3,(H,18,19). The van der Waals surface area contributed by atoms with Gasteiger partial charge in [-0.25, -0.2) is 4.39 Å². The molecule has 1 heterocycles. The quantitative estimate of drug-likeness (QED) is 0.893. The highest BCUT2D eigenvalue weighted by Crippen LogP contribution is 2.14. The van der Waals surface area contributed by atoms with Crippen molar-refractivity contribution in [2.75, 3.05) is 32.7 Å². The third-order valence-electron chi connectivity index (χ3n) is 3.42. The Hall–Kier alpha value is -1.46. The van der Waals surface area contributed by atoms with Gasteiger partial charge in [-0.3, -0.25) is 14.6 Å². The van der Waals surface area contributed by atoms with Crippen LogP contribution in [0.15, 0.2) is 18.2 Å². The predicted molar refractivity (Wildman–Crippen MR) is 70.5 cm³/mol. The molecule has 1 aliphatic rings. The van der Waals surface area contributed by atoms with Crippen molar-refractivity contribution in [1.82, 2.24) is 9.80 Å². The molecule has 0 atom stereocenters. The van der Waals surface area contributed by atoms with Crippen molar-refractivity contribution >= 4 is 5.97 Å². The highest BCUT2D eigenvalue weighted by atomic mass is 19.1. The average Bonchev–Trinajstić information content (AvgIpc) is 2.35. The normalized spacial score (nSPS) is 17.6. The van der Waals surface area contributed by atoms with Crippen LogP contribution in [0.1, 0.15) is 11.1 Å². The summed E-state index contributed by atoms with van der Waals surface area (Å²) in [6.45, 7) is 5.63. The van der Waals surface area contributed by atoms with Crippen LogP contribution in [0.3, 0.4) is 0 Å². The Labute approximate surface area is 112 Å². The lowest BCUT2D eigenvalue weighted by Crippen LogP contribution is -2.47. The summed E-state index contributed by atoms with van der Waals surface area (Å²) in [5.41, 5.74) is 1.77. The fraction of sp³-hybridized carbons (Fsp3) is 0.500. The van der Waals surface area contributed by atoms with Crippen LogP contribution in [0.5, 0.6) is 0 Å². The van der Waals surface area contributed by atoms with Gasteiger partial charge in [0.1, 0.15) is 5.82 Å². The maximum atomic E-state index is 13.7. The molecule has 0 amide bonds. The Kier molecular flexibility index (Phi) is 4.50. The number of aliphatic carboxylic acids is 1. The van der Waals surface area contributed by atoms with Crippen molar-refractivity contribution in [2.24, 2.45) is 0 Å². The Morgan fingerprint density at radius 3 is 2.53 bits per heavy atom. The van der Waals surface area contributed by atoms with E-state index in [1.54, 1.807) is 6.07 Å². The summed E-state index contributed by atoms with van der Waals surface area (Å²) in [7, 11) is 0. The molecule has 0 aromatic heterocycles. The van der Waals surface area contributed by atoms with E-state index in [1.165, 1.54) is 6.07 Å². The fourth-order valence-electron chi connectivity index (χ4n) is 2.36. The van der Waals surface area contributed by atoms with E-state index in [0.29, 0.717) is 12.1 Å². The summed E-state index contributed by atoms with van der Waals surface area (Å²) < 4.78 is 13.7. The van der Waals surface area contributed by atoms with E-state index in [4.69, 9.17) is 5.11 Å². The summed E-state index contributed by atoms with van der Waals surface area (Å²) in [4.78, 5) is 14.7. The largest absolute Gasteiger partial charge is 0.480 e. The molecule has 1 aromatic carbocycles. The van der Waals surface area contributed by atoms with Crippen LogP contribution in [-0.4, -0.2) is 53.6 Å². The van der Waals surface area contributed by atoms with Crippen LogP contribution in [0.4, 0.5) is 4.39 Å². The molecule has 19 heavy (non-hydrogen) atoms. The number of carbonyl (C=O) groups is 1. The molecule has 0 bridgehead atoms. The van der Waals surface area contributed by atoms with E-state index >= 15 is 0 Å². The van der Waals surface area contributed by atoms with E-state index in [9.17, 15) is 9.18 Å². The lowest BCUT2D eigenvalue weighted by atomic mass is 10.1. The van der Waals surface area contributed by atoms with Crippen molar-refractivity contribution in [3.63, 3.8) is 0 Å². The second-order valence-corrected chi connectivity index (χ2v) is 5.04. The molecule has 0 radical (unpaired) electrons. The van der Waals surface area contributed by atoms with E-state index in [-0.39, 0.29) is 12.4 Å². The molecule has 0 unspecified atom stereocenters. The van der Waals surface area contributed by atoms with Gasteiger partial charge in [0.05, 0.1) is 6.54 Å². The predicted octanol–water partition coefficient (Wildman–Crippen LogP) is 1.34. The number of aryl methyl sites for hydroxylation is 1. The van der Waals surface area contributed by atoms with Gasteiger partial charge in [-0.2, -0.15) is 0 Å². The van der Waals surface area contributed by atoms with Crippen LogP contribution >= 0.6 is 0 Å². The molecular formula is C14H19FN2O2. The molecule has 5 heteroatoms. The number of rotatable bonds is 4. The fourth-order valence-corrected chi connectivity index (χ4v) is 2.36.